The van der Waals surface area contributed by atoms with E-state index < -0.39 is 0 Å². The van der Waals surface area contributed by atoms with Crippen molar-refractivity contribution < 1.29 is 4.79 Å². The highest BCUT2D eigenvalue weighted by Crippen LogP contribution is 2.31. The van der Waals surface area contributed by atoms with Crippen LogP contribution in [0, 0.1) is 0 Å². The van der Waals surface area contributed by atoms with E-state index in [9.17, 15) is 4.79 Å². The SMILES string of the molecule is Nc1cc(C(=O)c2c[nH]c3cc(Br)ccc23)cc(Cl)c1Cl. The summed E-state index contributed by atoms with van der Waals surface area (Å²) in [6.45, 7) is 0. The molecule has 0 aliphatic rings. The van der Waals surface area contributed by atoms with Crippen LogP contribution < -0.4 is 5.73 Å². The Balaban J connectivity index is 2.13. The van der Waals surface area contributed by atoms with Crippen molar-refractivity contribution in [1.29, 1.82) is 0 Å². The van der Waals surface area contributed by atoms with Crippen molar-refractivity contribution in [2.24, 2.45) is 0 Å². The molecule has 0 aliphatic heterocycles. The molecule has 3 N–H and O–H groups in total. The Hall–Kier alpha value is -1.49. The molecule has 0 unspecified atom stereocenters. The Morgan fingerprint density at radius 3 is 2.67 bits per heavy atom. The third-order valence-corrected chi connectivity index (χ3v) is 4.52. The number of hydrogen-bond acceptors (Lipinski definition) is 2. The Bertz CT molecular complexity index is 850. The number of H-pyrrole nitrogens is 1. The number of nitrogens with one attached hydrogen (secondary N) is 1. The highest BCUT2D eigenvalue weighted by atomic mass is 79.9. The fraction of sp³-hybridized carbons (Fsp3) is 0. The summed E-state index contributed by atoms with van der Waals surface area (Å²) in [5.41, 5.74) is 7.90. The zero-order valence-electron chi connectivity index (χ0n) is 10.6. The van der Waals surface area contributed by atoms with Crippen molar-refractivity contribution in [2.75, 3.05) is 5.73 Å². The first-order valence-electron chi connectivity index (χ1n) is 6.03. The Morgan fingerprint density at radius 2 is 1.95 bits per heavy atom. The predicted octanol–water partition coefficient (Wildman–Crippen LogP) is 5.05. The molecule has 1 aromatic heterocycles. The molecule has 0 atom stereocenters. The van der Waals surface area contributed by atoms with Gasteiger partial charge in [-0.15, -0.1) is 0 Å². The quantitative estimate of drug-likeness (QED) is 0.480. The first-order valence-corrected chi connectivity index (χ1v) is 7.58. The number of rotatable bonds is 2. The second kappa shape index (κ2) is 5.37. The molecule has 3 aromatic rings. The molecule has 0 aliphatic carbocycles. The highest BCUT2D eigenvalue weighted by molar-refractivity contribution is 9.10. The topological polar surface area (TPSA) is 58.9 Å². The van der Waals surface area contributed by atoms with Gasteiger partial charge >= 0.3 is 0 Å². The van der Waals surface area contributed by atoms with Gasteiger partial charge in [-0.25, -0.2) is 0 Å². The maximum absolute atomic E-state index is 12.6. The number of aromatic amines is 1. The van der Waals surface area contributed by atoms with Gasteiger partial charge in [0.25, 0.3) is 0 Å². The molecule has 0 amide bonds. The fourth-order valence-electron chi connectivity index (χ4n) is 2.18. The molecule has 0 fully saturated rings. The number of ketones is 1. The lowest BCUT2D eigenvalue weighted by molar-refractivity contribution is 0.104. The second-order valence-corrected chi connectivity index (χ2v) is 6.28. The first-order chi connectivity index (χ1) is 9.97. The predicted molar refractivity (Wildman–Crippen MR) is 90.3 cm³/mol. The molecule has 6 heteroatoms. The third-order valence-electron chi connectivity index (χ3n) is 3.21. The van der Waals surface area contributed by atoms with Crippen LogP contribution >= 0.6 is 39.1 Å². The third kappa shape index (κ3) is 2.55. The number of carbonyl (C=O) groups is 1. The van der Waals surface area contributed by atoms with Crippen LogP contribution in [0.1, 0.15) is 15.9 Å². The average molecular weight is 384 g/mol. The van der Waals surface area contributed by atoms with Crippen LogP contribution in [0.4, 0.5) is 5.69 Å². The number of benzene rings is 2. The molecule has 0 saturated heterocycles. The minimum atomic E-state index is -0.158. The van der Waals surface area contributed by atoms with E-state index in [0.717, 1.165) is 15.4 Å². The largest absolute Gasteiger partial charge is 0.397 e. The van der Waals surface area contributed by atoms with E-state index >= 15 is 0 Å². The summed E-state index contributed by atoms with van der Waals surface area (Å²) in [5, 5.41) is 1.37. The average Bonchev–Trinajstić information content (AvgIpc) is 2.86. The number of nitrogen functional groups attached to an aromatic ring is 1. The summed E-state index contributed by atoms with van der Waals surface area (Å²) < 4.78 is 0.939. The molecular weight excluding hydrogens is 375 g/mol. The van der Waals surface area contributed by atoms with Gasteiger partial charge in [-0.3, -0.25) is 4.79 Å². The molecule has 0 spiro atoms. The van der Waals surface area contributed by atoms with Crippen molar-refractivity contribution in [3.8, 4) is 0 Å². The smallest absolute Gasteiger partial charge is 0.195 e. The van der Waals surface area contributed by atoms with Gasteiger partial charge in [0.1, 0.15) is 0 Å². The number of fused-ring (bicyclic) bond motifs is 1. The summed E-state index contributed by atoms with van der Waals surface area (Å²) in [4.78, 5) is 15.7. The van der Waals surface area contributed by atoms with Crippen molar-refractivity contribution in [3.63, 3.8) is 0 Å². The van der Waals surface area contributed by atoms with Gasteiger partial charge in [-0.2, -0.15) is 0 Å². The Morgan fingerprint density at radius 1 is 1.19 bits per heavy atom. The van der Waals surface area contributed by atoms with Gasteiger partial charge in [0.2, 0.25) is 0 Å². The van der Waals surface area contributed by atoms with Crippen LogP contribution in [-0.4, -0.2) is 10.8 Å². The van der Waals surface area contributed by atoms with Crippen molar-refractivity contribution in [3.05, 3.63) is 62.2 Å². The van der Waals surface area contributed by atoms with E-state index in [1.54, 1.807) is 6.20 Å². The van der Waals surface area contributed by atoms with E-state index in [1.807, 2.05) is 18.2 Å². The maximum Gasteiger partial charge on any atom is 0.195 e. The van der Waals surface area contributed by atoms with Crippen LogP contribution in [-0.2, 0) is 0 Å². The highest BCUT2D eigenvalue weighted by Gasteiger charge is 2.16. The van der Waals surface area contributed by atoms with E-state index in [2.05, 4.69) is 20.9 Å². The van der Waals surface area contributed by atoms with Gasteiger partial charge in [0.05, 0.1) is 15.7 Å². The lowest BCUT2D eigenvalue weighted by atomic mass is 10.0. The minimum absolute atomic E-state index is 0.158. The van der Waals surface area contributed by atoms with Gasteiger partial charge in [-0.05, 0) is 24.3 Å². The maximum atomic E-state index is 12.6. The summed E-state index contributed by atoms with van der Waals surface area (Å²) in [6, 6.07) is 8.74. The molecule has 21 heavy (non-hydrogen) atoms. The summed E-state index contributed by atoms with van der Waals surface area (Å²) in [6.07, 6.45) is 1.68. The Labute approximate surface area is 139 Å². The van der Waals surface area contributed by atoms with E-state index in [4.69, 9.17) is 28.9 Å². The van der Waals surface area contributed by atoms with Gasteiger partial charge in [-0.1, -0.05) is 45.2 Å². The van der Waals surface area contributed by atoms with E-state index in [0.29, 0.717) is 11.1 Å². The number of aromatic nitrogens is 1. The van der Waals surface area contributed by atoms with Crippen molar-refractivity contribution in [1.82, 2.24) is 4.98 Å². The molecule has 3 rings (SSSR count). The van der Waals surface area contributed by atoms with E-state index in [1.165, 1.54) is 12.1 Å². The number of hydrogen-bond donors (Lipinski definition) is 2. The number of anilines is 1. The van der Waals surface area contributed by atoms with Gasteiger partial charge in [0, 0.05) is 32.7 Å². The lowest BCUT2D eigenvalue weighted by Gasteiger charge is -2.05. The molecule has 0 saturated carbocycles. The molecular formula is C15H9BrCl2N2O. The number of carbonyl (C=O) groups excluding carboxylic acids is 1. The molecule has 106 valence electrons. The van der Waals surface area contributed by atoms with Crippen LogP contribution in [0.25, 0.3) is 10.9 Å². The molecule has 1 heterocycles. The normalized spacial score (nSPS) is 11.0. The van der Waals surface area contributed by atoms with Crippen molar-refractivity contribution >= 4 is 61.5 Å². The zero-order chi connectivity index (χ0) is 15.1. The molecule has 0 radical (unpaired) electrons. The van der Waals surface area contributed by atoms with Crippen LogP contribution in [0.5, 0.6) is 0 Å². The monoisotopic (exact) mass is 382 g/mol. The number of nitrogens with two attached hydrogens (primary N) is 1. The molecule has 2 aromatic carbocycles. The van der Waals surface area contributed by atoms with Crippen LogP contribution in [0.15, 0.2) is 41.0 Å². The van der Waals surface area contributed by atoms with Crippen molar-refractivity contribution in [2.45, 2.75) is 0 Å². The molecule has 3 nitrogen and oxygen atoms in total. The Kier molecular flexibility index (Phi) is 3.69. The molecule has 0 bridgehead atoms. The van der Waals surface area contributed by atoms with Gasteiger partial charge in [0.15, 0.2) is 5.78 Å². The summed E-state index contributed by atoms with van der Waals surface area (Å²) in [7, 11) is 0. The standard InChI is InChI=1S/C15H9BrCl2N2O/c16-8-1-2-9-10(6-20-13(9)5-8)15(21)7-3-11(17)14(18)12(19)4-7/h1-6,20H,19H2. The fourth-order valence-corrected chi connectivity index (χ4v) is 2.88. The summed E-state index contributed by atoms with van der Waals surface area (Å²) >= 11 is 15.3. The number of halogens is 3. The lowest BCUT2D eigenvalue weighted by Crippen LogP contribution is -2.02. The van der Waals surface area contributed by atoms with Gasteiger partial charge < -0.3 is 10.7 Å². The van der Waals surface area contributed by atoms with Crippen LogP contribution in [0.2, 0.25) is 10.0 Å². The van der Waals surface area contributed by atoms with E-state index in [-0.39, 0.29) is 21.5 Å². The second-order valence-electron chi connectivity index (χ2n) is 4.58. The minimum Gasteiger partial charge on any atom is -0.397 e. The zero-order valence-corrected chi connectivity index (χ0v) is 13.7. The first kappa shape index (κ1) is 14.4. The van der Waals surface area contributed by atoms with Crippen LogP contribution in [0.3, 0.4) is 0 Å². The summed E-state index contributed by atoms with van der Waals surface area (Å²) in [5.74, 6) is -0.158.